The monoisotopic (exact) mass is 503 g/mol. The lowest BCUT2D eigenvalue weighted by atomic mass is 9.97. The molecule has 8 heteroatoms. The number of nitrogens with zero attached hydrogens (tertiary/aromatic N) is 2. The second-order valence-electron chi connectivity index (χ2n) is 9.38. The van der Waals surface area contributed by atoms with Crippen molar-refractivity contribution in [2.24, 2.45) is 5.92 Å². The number of likely N-dealkylation sites (tertiary alicyclic amines) is 1. The van der Waals surface area contributed by atoms with E-state index in [1.165, 1.54) is 29.1 Å². The molecule has 0 saturated carbocycles. The highest BCUT2D eigenvalue weighted by Crippen LogP contribution is 2.23. The van der Waals surface area contributed by atoms with Crippen molar-refractivity contribution in [3.8, 4) is 0 Å². The number of halogens is 1. The van der Waals surface area contributed by atoms with Crippen LogP contribution in [0, 0.1) is 5.92 Å². The van der Waals surface area contributed by atoms with Gasteiger partial charge in [0.15, 0.2) is 0 Å². The topological polar surface area (TPSA) is 69.7 Å². The summed E-state index contributed by atoms with van der Waals surface area (Å²) in [6.45, 7) is 4.45. The Hall–Kier alpha value is -1.93. The van der Waals surface area contributed by atoms with E-state index in [1.54, 1.807) is 24.3 Å². The van der Waals surface area contributed by atoms with Crippen molar-refractivity contribution in [3.05, 3.63) is 70.2 Å². The Labute approximate surface area is 208 Å². The van der Waals surface area contributed by atoms with Gasteiger partial charge in [-0.05, 0) is 67.6 Å². The van der Waals surface area contributed by atoms with E-state index in [1.807, 2.05) is 6.07 Å². The highest BCUT2D eigenvalue weighted by atomic mass is 35.5. The molecule has 4 rings (SSSR count). The summed E-state index contributed by atoms with van der Waals surface area (Å²) in [7, 11) is -3.44. The Balaban J connectivity index is 1.27. The molecule has 0 unspecified atom stereocenters. The first-order chi connectivity index (χ1) is 16.4. The standard InChI is InChI=1S/C26H34ClN3O3S/c27-25-10-6-7-21(17-25)20-34(32,33)30-15-11-22(12-16-30)26(31)28-18-23-8-2-3-9-24(23)19-29-13-4-1-5-14-29/h2-3,6-10,17,22H,1,4-5,11-16,18-20H2,(H,28,31). The number of amides is 1. The molecule has 2 aromatic carbocycles. The number of nitrogens with one attached hydrogen (secondary N) is 1. The van der Waals surface area contributed by atoms with Crippen molar-refractivity contribution < 1.29 is 13.2 Å². The van der Waals surface area contributed by atoms with E-state index in [2.05, 4.69) is 28.4 Å². The normalized spacial score (nSPS) is 18.6. The predicted molar refractivity (Wildman–Crippen MR) is 136 cm³/mol. The lowest BCUT2D eigenvalue weighted by molar-refractivity contribution is -0.126. The van der Waals surface area contributed by atoms with Crippen LogP contribution in [-0.4, -0.2) is 49.7 Å². The van der Waals surface area contributed by atoms with Gasteiger partial charge in [-0.15, -0.1) is 0 Å². The fourth-order valence-corrected chi connectivity index (χ4v) is 6.66. The zero-order valence-corrected chi connectivity index (χ0v) is 21.2. The number of sulfonamides is 1. The average Bonchev–Trinajstić information content (AvgIpc) is 2.84. The van der Waals surface area contributed by atoms with Gasteiger partial charge in [0, 0.05) is 37.1 Å². The van der Waals surface area contributed by atoms with Crippen molar-refractivity contribution in [2.45, 2.75) is 50.9 Å². The molecule has 0 aliphatic carbocycles. The number of carbonyl (C=O) groups is 1. The van der Waals surface area contributed by atoms with Gasteiger partial charge in [-0.3, -0.25) is 9.69 Å². The Morgan fingerprint density at radius 2 is 1.65 bits per heavy atom. The third kappa shape index (κ3) is 6.81. The van der Waals surface area contributed by atoms with Gasteiger partial charge in [0.05, 0.1) is 5.75 Å². The third-order valence-corrected chi connectivity index (χ3v) is 8.96. The van der Waals surface area contributed by atoms with E-state index < -0.39 is 10.0 Å². The summed E-state index contributed by atoms with van der Waals surface area (Å²) in [5.41, 5.74) is 3.10. The van der Waals surface area contributed by atoms with Crippen molar-refractivity contribution in [1.82, 2.24) is 14.5 Å². The molecule has 2 saturated heterocycles. The van der Waals surface area contributed by atoms with Gasteiger partial charge in [-0.1, -0.05) is 54.4 Å². The molecule has 2 aliphatic rings. The summed E-state index contributed by atoms with van der Waals surface area (Å²) >= 11 is 5.99. The van der Waals surface area contributed by atoms with E-state index in [0.717, 1.165) is 25.2 Å². The summed E-state index contributed by atoms with van der Waals surface area (Å²) in [4.78, 5) is 15.3. The van der Waals surface area contributed by atoms with E-state index in [-0.39, 0.29) is 17.6 Å². The van der Waals surface area contributed by atoms with E-state index in [0.29, 0.717) is 43.1 Å². The lowest BCUT2D eigenvalue weighted by Gasteiger charge is -2.31. The molecule has 184 valence electrons. The van der Waals surface area contributed by atoms with Gasteiger partial charge in [-0.25, -0.2) is 12.7 Å². The van der Waals surface area contributed by atoms with Crippen molar-refractivity contribution in [2.75, 3.05) is 26.2 Å². The summed E-state index contributed by atoms with van der Waals surface area (Å²) < 4.78 is 27.2. The third-order valence-electron chi connectivity index (χ3n) is 6.87. The maximum absolute atomic E-state index is 12.9. The van der Waals surface area contributed by atoms with Gasteiger partial charge in [0.25, 0.3) is 0 Å². The van der Waals surface area contributed by atoms with E-state index in [9.17, 15) is 13.2 Å². The summed E-state index contributed by atoms with van der Waals surface area (Å²) in [6.07, 6.45) is 4.90. The van der Waals surface area contributed by atoms with Crippen LogP contribution in [0.2, 0.25) is 5.02 Å². The smallest absolute Gasteiger partial charge is 0.223 e. The molecule has 2 aliphatic heterocycles. The highest BCUT2D eigenvalue weighted by molar-refractivity contribution is 7.88. The van der Waals surface area contributed by atoms with Gasteiger partial charge >= 0.3 is 0 Å². The first-order valence-corrected chi connectivity index (χ1v) is 14.2. The molecule has 2 aromatic rings. The zero-order valence-electron chi connectivity index (χ0n) is 19.6. The zero-order chi connectivity index (χ0) is 24.0. The second kappa shape index (κ2) is 11.7. The molecule has 1 N–H and O–H groups in total. The van der Waals surface area contributed by atoms with Crippen LogP contribution in [0.3, 0.4) is 0 Å². The lowest BCUT2D eigenvalue weighted by Crippen LogP contribution is -2.43. The first kappa shape index (κ1) is 25.2. The summed E-state index contributed by atoms with van der Waals surface area (Å²) in [5.74, 6) is -0.218. The average molecular weight is 504 g/mol. The largest absolute Gasteiger partial charge is 0.352 e. The fraction of sp³-hybridized carbons (Fsp3) is 0.500. The minimum atomic E-state index is -3.44. The SMILES string of the molecule is O=C(NCc1ccccc1CN1CCCCC1)C1CCN(S(=O)(=O)Cc2cccc(Cl)c2)CC1. The molecule has 0 spiro atoms. The summed E-state index contributed by atoms with van der Waals surface area (Å²) in [5, 5.41) is 3.63. The molecule has 0 atom stereocenters. The number of carbonyl (C=O) groups excluding carboxylic acids is 1. The van der Waals surface area contributed by atoms with Crippen LogP contribution in [0.4, 0.5) is 0 Å². The minimum absolute atomic E-state index is 0.0136. The van der Waals surface area contributed by atoms with Crippen LogP contribution < -0.4 is 5.32 Å². The van der Waals surface area contributed by atoms with Gasteiger partial charge in [-0.2, -0.15) is 0 Å². The highest BCUT2D eigenvalue weighted by Gasteiger charge is 2.31. The summed E-state index contributed by atoms with van der Waals surface area (Å²) in [6, 6.07) is 15.3. The molecular weight excluding hydrogens is 470 g/mol. The van der Waals surface area contributed by atoms with Crippen LogP contribution >= 0.6 is 11.6 Å². The molecule has 2 heterocycles. The first-order valence-electron chi connectivity index (χ1n) is 12.2. The van der Waals surface area contributed by atoms with E-state index in [4.69, 9.17) is 11.6 Å². The fourth-order valence-electron chi connectivity index (χ4n) is 4.89. The second-order valence-corrected chi connectivity index (χ2v) is 11.8. The van der Waals surface area contributed by atoms with Crippen molar-refractivity contribution in [3.63, 3.8) is 0 Å². The molecule has 0 bridgehead atoms. The molecule has 0 aromatic heterocycles. The van der Waals surface area contributed by atoms with Gasteiger partial charge in [0.2, 0.25) is 15.9 Å². The van der Waals surface area contributed by atoms with Gasteiger partial charge in [0.1, 0.15) is 0 Å². The molecule has 6 nitrogen and oxygen atoms in total. The molecule has 34 heavy (non-hydrogen) atoms. The minimum Gasteiger partial charge on any atom is -0.352 e. The Bertz CT molecular complexity index is 1080. The van der Waals surface area contributed by atoms with E-state index >= 15 is 0 Å². The number of rotatable bonds is 8. The quantitative estimate of drug-likeness (QED) is 0.586. The Morgan fingerprint density at radius 3 is 2.35 bits per heavy atom. The number of hydrogen-bond donors (Lipinski definition) is 1. The maximum atomic E-state index is 12.9. The molecule has 0 radical (unpaired) electrons. The van der Waals surface area contributed by atoms with Crippen molar-refractivity contribution >= 4 is 27.5 Å². The maximum Gasteiger partial charge on any atom is 0.223 e. The van der Waals surface area contributed by atoms with Crippen LogP contribution in [0.15, 0.2) is 48.5 Å². The molecular formula is C26H34ClN3O3S. The van der Waals surface area contributed by atoms with Crippen LogP contribution in [0.25, 0.3) is 0 Å². The number of benzene rings is 2. The van der Waals surface area contributed by atoms with Crippen LogP contribution in [-0.2, 0) is 33.7 Å². The number of piperidine rings is 2. The number of hydrogen-bond acceptors (Lipinski definition) is 4. The van der Waals surface area contributed by atoms with Crippen molar-refractivity contribution in [1.29, 1.82) is 0 Å². The molecule has 2 fully saturated rings. The van der Waals surface area contributed by atoms with Gasteiger partial charge < -0.3 is 5.32 Å². The molecule has 1 amide bonds. The van der Waals surface area contributed by atoms with Crippen LogP contribution in [0.5, 0.6) is 0 Å². The Morgan fingerprint density at radius 1 is 0.941 bits per heavy atom. The Kier molecular flexibility index (Phi) is 8.64. The van der Waals surface area contributed by atoms with Crippen LogP contribution in [0.1, 0.15) is 48.8 Å². The predicted octanol–water partition coefficient (Wildman–Crippen LogP) is 4.18.